The lowest BCUT2D eigenvalue weighted by atomic mass is 10.2. The van der Waals surface area contributed by atoms with Gasteiger partial charge in [0.05, 0.1) is 19.4 Å². The van der Waals surface area contributed by atoms with Crippen molar-refractivity contribution in [1.82, 2.24) is 0 Å². The Morgan fingerprint density at radius 2 is 1.85 bits per heavy atom. The van der Waals surface area contributed by atoms with E-state index in [4.69, 9.17) is 9.47 Å². The molecule has 0 unspecified atom stereocenters. The average Bonchev–Trinajstić information content (AvgIpc) is 2.63. The maximum absolute atomic E-state index is 12.5. The van der Waals surface area contributed by atoms with E-state index in [1.54, 1.807) is 31.2 Å². The zero-order chi connectivity index (χ0) is 19.8. The SMILES string of the molecule is CCOc1ccccc1NC(=O)[C@H](C)Nc1ccc(OC)c(OC(F)F)c1. The van der Waals surface area contributed by atoms with Crippen molar-refractivity contribution in [2.24, 2.45) is 0 Å². The lowest BCUT2D eigenvalue weighted by Gasteiger charge is -2.18. The molecule has 6 nitrogen and oxygen atoms in total. The van der Waals surface area contributed by atoms with E-state index in [9.17, 15) is 13.6 Å². The van der Waals surface area contributed by atoms with Crippen molar-refractivity contribution in [3.63, 3.8) is 0 Å². The van der Waals surface area contributed by atoms with Gasteiger partial charge in [-0.2, -0.15) is 8.78 Å². The molecule has 27 heavy (non-hydrogen) atoms. The van der Waals surface area contributed by atoms with Gasteiger partial charge in [-0.15, -0.1) is 0 Å². The van der Waals surface area contributed by atoms with E-state index < -0.39 is 12.7 Å². The average molecular weight is 380 g/mol. The van der Waals surface area contributed by atoms with Gasteiger partial charge in [0.1, 0.15) is 11.8 Å². The molecule has 0 aliphatic carbocycles. The highest BCUT2D eigenvalue weighted by atomic mass is 19.3. The van der Waals surface area contributed by atoms with Crippen molar-refractivity contribution in [3.05, 3.63) is 42.5 Å². The number of hydrogen-bond donors (Lipinski definition) is 2. The van der Waals surface area contributed by atoms with Crippen molar-refractivity contribution in [2.75, 3.05) is 24.4 Å². The van der Waals surface area contributed by atoms with E-state index in [-0.39, 0.29) is 17.4 Å². The molecule has 0 saturated carbocycles. The van der Waals surface area contributed by atoms with Crippen LogP contribution in [0.15, 0.2) is 42.5 Å². The van der Waals surface area contributed by atoms with Crippen LogP contribution in [0.3, 0.4) is 0 Å². The van der Waals surface area contributed by atoms with Gasteiger partial charge in [0.2, 0.25) is 5.91 Å². The second kappa shape index (κ2) is 9.61. The summed E-state index contributed by atoms with van der Waals surface area (Å²) in [5, 5.41) is 5.73. The lowest BCUT2D eigenvalue weighted by Crippen LogP contribution is -2.32. The van der Waals surface area contributed by atoms with Crippen LogP contribution in [0.4, 0.5) is 20.2 Å². The molecule has 0 aliphatic rings. The van der Waals surface area contributed by atoms with Crippen molar-refractivity contribution in [2.45, 2.75) is 26.5 Å². The topological polar surface area (TPSA) is 68.8 Å². The number of alkyl halides is 2. The van der Waals surface area contributed by atoms with Crippen LogP contribution in [0, 0.1) is 0 Å². The first-order chi connectivity index (χ1) is 12.9. The molecule has 146 valence electrons. The summed E-state index contributed by atoms with van der Waals surface area (Å²) < 4.78 is 40.0. The number of methoxy groups -OCH3 is 1. The summed E-state index contributed by atoms with van der Waals surface area (Å²) in [6.07, 6.45) is 0. The van der Waals surface area contributed by atoms with Gasteiger partial charge >= 0.3 is 6.61 Å². The second-order valence-electron chi connectivity index (χ2n) is 5.53. The Morgan fingerprint density at radius 1 is 1.11 bits per heavy atom. The fourth-order valence-electron chi connectivity index (χ4n) is 2.36. The summed E-state index contributed by atoms with van der Waals surface area (Å²) in [6, 6.07) is 10.9. The number of amides is 1. The largest absolute Gasteiger partial charge is 0.493 e. The van der Waals surface area contributed by atoms with E-state index in [1.807, 2.05) is 13.0 Å². The Hall–Kier alpha value is -3.03. The van der Waals surface area contributed by atoms with E-state index in [0.29, 0.717) is 23.7 Å². The normalized spacial score (nSPS) is 11.6. The molecule has 2 aromatic rings. The van der Waals surface area contributed by atoms with Crippen LogP contribution in [0.1, 0.15) is 13.8 Å². The number of hydrogen-bond acceptors (Lipinski definition) is 5. The van der Waals surface area contributed by atoms with Gasteiger partial charge in [0, 0.05) is 11.8 Å². The molecular weight excluding hydrogens is 358 g/mol. The van der Waals surface area contributed by atoms with Gasteiger partial charge in [-0.25, -0.2) is 0 Å². The van der Waals surface area contributed by atoms with Crippen molar-refractivity contribution < 1.29 is 27.8 Å². The number of halogens is 2. The number of anilines is 2. The van der Waals surface area contributed by atoms with Crippen molar-refractivity contribution in [3.8, 4) is 17.2 Å². The third-order valence-corrected chi connectivity index (χ3v) is 3.60. The maximum Gasteiger partial charge on any atom is 0.387 e. The quantitative estimate of drug-likeness (QED) is 0.685. The molecule has 0 fully saturated rings. The first-order valence-electron chi connectivity index (χ1n) is 8.36. The zero-order valence-electron chi connectivity index (χ0n) is 15.3. The van der Waals surface area contributed by atoms with Crippen LogP contribution in [0.2, 0.25) is 0 Å². The van der Waals surface area contributed by atoms with Crippen LogP contribution < -0.4 is 24.8 Å². The molecule has 0 heterocycles. The monoisotopic (exact) mass is 380 g/mol. The molecule has 0 radical (unpaired) electrons. The smallest absolute Gasteiger partial charge is 0.387 e. The lowest BCUT2D eigenvalue weighted by molar-refractivity contribution is -0.116. The third-order valence-electron chi connectivity index (χ3n) is 3.60. The summed E-state index contributed by atoms with van der Waals surface area (Å²) in [5.74, 6) is 0.308. The summed E-state index contributed by atoms with van der Waals surface area (Å²) in [6.45, 7) is 0.992. The number of benzene rings is 2. The Bertz CT molecular complexity index is 771. The Kier molecular flexibility index (Phi) is 7.22. The van der Waals surface area contributed by atoms with E-state index >= 15 is 0 Å². The minimum atomic E-state index is -2.98. The zero-order valence-corrected chi connectivity index (χ0v) is 15.3. The Labute approximate surface area is 156 Å². The fourth-order valence-corrected chi connectivity index (χ4v) is 2.36. The number of carbonyl (C=O) groups excluding carboxylic acids is 1. The molecule has 0 aromatic heterocycles. The summed E-state index contributed by atoms with van der Waals surface area (Å²) in [4.78, 5) is 12.5. The van der Waals surface area contributed by atoms with E-state index in [0.717, 1.165) is 0 Å². The van der Waals surface area contributed by atoms with Crippen LogP contribution in [-0.2, 0) is 4.79 Å². The van der Waals surface area contributed by atoms with Crippen LogP contribution >= 0.6 is 0 Å². The van der Waals surface area contributed by atoms with Gasteiger partial charge < -0.3 is 24.8 Å². The molecule has 0 aliphatic heterocycles. The fraction of sp³-hybridized carbons (Fsp3) is 0.316. The van der Waals surface area contributed by atoms with Crippen molar-refractivity contribution >= 4 is 17.3 Å². The number of para-hydroxylation sites is 2. The highest BCUT2D eigenvalue weighted by molar-refractivity contribution is 5.97. The Balaban J connectivity index is 2.08. The van der Waals surface area contributed by atoms with Crippen LogP contribution in [0.5, 0.6) is 17.2 Å². The first kappa shape index (κ1) is 20.3. The molecule has 1 amide bonds. The number of nitrogens with one attached hydrogen (secondary N) is 2. The number of carbonyl (C=O) groups is 1. The van der Waals surface area contributed by atoms with Gasteiger partial charge in [-0.3, -0.25) is 4.79 Å². The Morgan fingerprint density at radius 3 is 2.52 bits per heavy atom. The predicted octanol–water partition coefficient (Wildman–Crippen LogP) is 4.13. The highest BCUT2D eigenvalue weighted by Gasteiger charge is 2.17. The minimum Gasteiger partial charge on any atom is -0.493 e. The van der Waals surface area contributed by atoms with E-state index in [1.165, 1.54) is 19.2 Å². The molecule has 2 aromatic carbocycles. The van der Waals surface area contributed by atoms with Crippen LogP contribution in [-0.4, -0.2) is 32.3 Å². The number of ether oxygens (including phenoxy) is 3. The summed E-state index contributed by atoms with van der Waals surface area (Å²) in [5.41, 5.74) is 0.988. The van der Waals surface area contributed by atoms with Gasteiger partial charge in [0.25, 0.3) is 0 Å². The molecule has 0 bridgehead atoms. The summed E-state index contributed by atoms with van der Waals surface area (Å²) in [7, 11) is 1.35. The molecule has 2 rings (SSSR count). The molecule has 2 N–H and O–H groups in total. The molecule has 0 saturated heterocycles. The molecular formula is C19H22F2N2O4. The highest BCUT2D eigenvalue weighted by Crippen LogP contribution is 2.32. The minimum absolute atomic E-state index is 0.119. The standard InChI is InChI=1S/C19H22F2N2O4/c1-4-26-15-8-6-5-7-14(15)23-18(24)12(2)22-13-9-10-16(25-3)17(11-13)27-19(20)21/h5-12,19,22H,4H2,1-3H3,(H,23,24)/t12-/m0/s1. The summed E-state index contributed by atoms with van der Waals surface area (Å²) >= 11 is 0. The van der Waals surface area contributed by atoms with Gasteiger partial charge in [-0.05, 0) is 38.1 Å². The van der Waals surface area contributed by atoms with Crippen molar-refractivity contribution in [1.29, 1.82) is 0 Å². The van der Waals surface area contributed by atoms with E-state index in [2.05, 4.69) is 15.4 Å². The predicted molar refractivity (Wildman–Crippen MR) is 99.0 cm³/mol. The molecule has 0 spiro atoms. The molecule has 1 atom stereocenters. The molecule has 8 heteroatoms. The maximum atomic E-state index is 12.5. The number of rotatable bonds is 9. The third kappa shape index (κ3) is 5.73. The first-order valence-corrected chi connectivity index (χ1v) is 8.36. The second-order valence-corrected chi connectivity index (χ2v) is 5.53. The van der Waals surface area contributed by atoms with Crippen LogP contribution in [0.25, 0.3) is 0 Å². The van der Waals surface area contributed by atoms with Gasteiger partial charge in [-0.1, -0.05) is 12.1 Å². The van der Waals surface area contributed by atoms with Gasteiger partial charge in [0.15, 0.2) is 11.5 Å².